The maximum absolute atomic E-state index is 4.04. The maximum Gasteiger partial charge on any atom is 0.109 e. The summed E-state index contributed by atoms with van der Waals surface area (Å²) in [4.78, 5) is 6.18. The van der Waals surface area contributed by atoms with Gasteiger partial charge in [-0.3, -0.25) is 4.99 Å². The quantitative estimate of drug-likeness (QED) is 0.489. The molecule has 0 unspecified atom stereocenters. The molecule has 0 aromatic rings. The van der Waals surface area contributed by atoms with Crippen LogP contribution in [0.2, 0.25) is 0 Å². The molecular formula is C6H10N2. The van der Waals surface area contributed by atoms with E-state index in [9.17, 15) is 0 Å². The molecule has 0 saturated carbocycles. The zero-order valence-electron chi connectivity index (χ0n) is 5.04. The molecule has 0 radical (unpaired) electrons. The second-order valence-corrected chi connectivity index (χ2v) is 1.72. The predicted octanol–water partition coefficient (Wildman–Crippen LogP) is 0.864. The van der Waals surface area contributed by atoms with Crippen LogP contribution in [0.1, 0.15) is 6.92 Å². The first-order valence-electron chi connectivity index (χ1n) is 2.84. The van der Waals surface area contributed by atoms with Gasteiger partial charge in [-0.25, -0.2) is 0 Å². The third-order valence-corrected chi connectivity index (χ3v) is 1.16. The Morgan fingerprint density at radius 3 is 3.00 bits per heavy atom. The van der Waals surface area contributed by atoms with Crippen molar-refractivity contribution in [2.45, 2.75) is 6.92 Å². The molecule has 1 aliphatic heterocycles. The monoisotopic (exact) mass is 110 g/mol. The molecule has 0 aromatic heterocycles. The first-order chi connectivity index (χ1) is 3.93. The van der Waals surface area contributed by atoms with E-state index in [0.717, 1.165) is 13.2 Å². The molecule has 0 aromatic carbocycles. The van der Waals surface area contributed by atoms with Crippen LogP contribution in [0.15, 0.2) is 17.3 Å². The van der Waals surface area contributed by atoms with Crippen molar-refractivity contribution in [2.75, 3.05) is 13.2 Å². The Balaban J connectivity index is 2.40. The average Bonchev–Trinajstić information content (AvgIpc) is 1.90. The van der Waals surface area contributed by atoms with Crippen molar-refractivity contribution in [3.63, 3.8) is 0 Å². The molecule has 0 saturated heterocycles. The second-order valence-electron chi connectivity index (χ2n) is 1.72. The molecule has 0 fully saturated rings. The normalized spacial score (nSPS) is 17.4. The van der Waals surface area contributed by atoms with Gasteiger partial charge in [0.15, 0.2) is 0 Å². The Bertz CT molecular complexity index is 116. The Kier molecular flexibility index (Phi) is 1.67. The highest BCUT2D eigenvalue weighted by Gasteiger charge is 1.92. The molecule has 0 atom stereocenters. The van der Waals surface area contributed by atoms with Crippen molar-refractivity contribution in [2.24, 2.45) is 4.99 Å². The molecule has 8 heavy (non-hydrogen) atoms. The topological polar surface area (TPSA) is 15.6 Å². The summed E-state index contributed by atoms with van der Waals surface area (Å²) < 4.78 is 0. The molecule has 44 valence electrons. The van der Waals surface area contributed by atoms with Gasteiger partial charge >= 0.3 is 0 Å². The van der Waals surface area contributed by atoms with Crippen molar-refractivity contribution in [3.05, 3.63) is 12.3 Å². The molecule has 2 heteroatoms. The molecule has 0 N–H and O–H groups in total. The van der Waals surface area contributed by atoms with Crippen LogP contribution in [0.3, 0.4) is 0 Å². The fraction of sp³-hybridized carbons (Fsp3) is 0.500. The molecular weight excluding hydrogens is 100 g/mol. The highest BCUT2D eigenvalue weighted by molar-refractivity contribution is 5.71. The molecule has 2 nitrogen and oxygen atoms in total. The van der Waals surface area contributed by atoms with Gasteiger partial charge in [0.1, 0.15) is 6.67 Å². The Hall–Kier alpha value is -0.790. The van der Waals surface area contributed by atoms with Crippen LogP contribution in [0.25, 0.3) is 0 Å². The zero-order valence-corrected chi connectivity index (χ0v) is 5.04. The van der Waals surface area contributed by atoms with Crippen molar-refractivity contribution >= 4 is 6.21 Å². The summed E-state index contributed by atoms with van der Waals surface area (Å²) >= 11 is 0. The fourth-order valence-electron chi connectivity index (χ4n) is 0.626. The number of allylic oxidation sites excluding steroid dienone is 1. The summed E-state index contributed by atoms with van der Waals surface area (Å²) in [5.74, 6) is 0. The van der Waals surface area contributed by atoms with Crippen LogP contribution in [0.5, 0.6) is 0 Å². The van der Waals surface area contributed by atoms with E-state index in [1.165, 1.54) is 0 Å². The minimum Gasteiger partial charge on any atom is -0.359 e. The first kappa shape index (κ1) is 5.35. The molecule has 0 bridgehead atoms. The van der Waals surface area contributed by atoms with Crippen LogP contribution < -0.4 is 0 Å². The number of hydrogen-bond acceptors (Lipinski definition) is 2. The summed E-state index contributed by atoms with van der Waals surface area (Å²) in [6, 6.07) is 0. The number of rotatable bonds is 1. The number of hydrogen-bond donors (Lipinski definition) is 0. The Labute approximate surface area is 49.5 Å². The highest BCUT2D eigenvalue weighted by atomic mass is 15.2. The highest BCUT2D eigenvalue weighted by Crippen LogP contribution is 1.92. The molecule has 1 heterocycles. The summed E-state index contributed by atoms with van der Waals surface area (Å²) in [5.41, 5.74) is 0. The van der Waals surface area contributed by atoms with Crippen molar-refractivity contribution in [1.82, 2.24) is 4.90 Å². The molecule has 0 spiro atoms. The largest absolute Gasteiger partial charge is 0.359 e. The van der Waals surface area contributed by atoms with E-state index in [0.29, 0.717) is 0 Å². The standard InChI is InChI=1S/C6H10N2/c1-2-8-5-3-4-7-6-8/h3-5H,2,6H2,1H3. The van der Waals surface area contributed by atoms with Crippen LogP contribution >= 0.6 is 0 Å². The lowest BCUT2D eigenvalue weighted by atomic mass is 10.5. The van der Waals surface area contributed by atoms with Gasteiger partial charge < -0.3 is 4.90 Å². The Morgan fingerprint density at radius 1 is 1.75 bits per heavy atom. The van der Waals surface area contributed by atoms with E-state index in [1.54, 1.807) is 0 Å². The van der Waals surface area contributed by atoms with E-state index in [4.69, 9.17) is 0 Å². The van der Waals surface area contributed by atoms with Crippen LogP contribution in [-0.2, 0) is 0 Å². The van der Waals surface area contributed by atoms with Gasteiger partial charge in [0.25, 0.3) is 0 Å². The maximum atomic E-state index is 4.04. The number of nitrogens with zero attached hydrogens (tertiary/aromatic N) is 2. The molecule has 0 amide bonds. The SMILES string of the molecule is CCN1C=CC=NC1. The number of aliphatic imine (C=N–C) groups is 1. The van der Waals surface area contributed by atoms with E-state index in [2.05, 4.69) is 16.8 Å². The third-order valence-electron chi connectivity index (χ3n) is 1.16. The molecule has 0 aliphatic carbocycles. The smallest absolute Gasteiger partial charge is 0.109 e. The minimum absolute atomic E-state index is 0.826. The summed E-state index contributed by atoms with van der Waals surface area (Å²) in [7, 11) is 0. The van der Waals surface area contributed by atoms with Crippen LogP contribution in [-0.4, -0.2) is 24.3 Å². The summed E-state index contributed by atoms with van der Waals surface area (Å²) in [5, 5.41) is 0. The van der Waals surface area contributed by atoms with Gasteiger partial charge in [0.05, 0.1) is 0 Å². The van der Waals surface area contributed by atoms with Crippen molar-refractivity contribution in [1.29, 1.82) is 0 Å². The van der Waals surface area contributed by atoms with Gasteiger partial charge in [-0.05, 0) is 13.0 Å². The Morgan fingerprint density at radius 2 is 2.62 bits per heavy atom. The van der Waals surface area contributed by atoms with Crippen LogP contribution in [0, 0.1) is 0 Å². The van der Waals surface area contributed by atoms with Gasteiger partial charge in [-0.1, -0.05) is 0 Å². The van der Waals surface area contributed by atoms with Crippen molar-refractivity contribution < 1.29 is 0 Å². The van der Waals surface area contributed by atoms with E-state index >= 15 is 0 Å². The van der Waals surface area contributed by atoms with Gasteiger partial charge in [0.2, 0.25) is 0 Å². The lowest BCUT2D eigenvalue weighted by Gasteiger charge is -2.16. The lowest BCUT2D eigenvalue weighted by molar-refractivity contribution is 0.408. The van der Waals surface area contributed by atoms with Crippen molar-refractivity contribution in [3.8, 4) is 0 Å². The molecule has 1 rings (SSSR count). The van der Waals surface area contributed by atoms with Gasteiger partial charge in [-0.2, -0.15) is 0 Å². The predicted molar refractivity (Wildman–Crippen MR) is 34.9 cm³/mol. The minimum atomic E-state index is 0.826. The van der Waals surface area contributed by atoms with E-state index < -0.39 is 0 Å². The first-order valence-corrected chi connectivity index (χ1v) is 2.84. The third kappa shape index (κ3) is 1.09. The average molecular weight is 110 g/mol. The zero-order chi connectivity index (χ0) is 5.82. The van der Waals surface area contributed by atoms with Gasteiger partial charge in [0, 0.05) is 19.0 Å². The van der Waals surface area contributed by atoms with E-state index in [1.807, 2.05) is 18.5 Å². The van der Waals surface area contributed by atoms with E-state index in [-0.39, 0.29) is 0 Å². The summed E-state index contributed by atoms with van der Waals surface area (Å²) in [6.45, 7) is 3.99. The molecule has 1 aliphatic rings. The second kappa shape index (κ2) is 2.50. The van der Waals surface area contributed by atoms with Gasteiger partial charge in [-0.15, -0.1) is 0 Å². The summed E-state index contributed by atoms with van der Waals surface area (Å²) in [6.07, 6.45) is 5.83. The van der Waals surface area contributed by atoms with Crippen LogP contribution in [0.4, 0.5) is 0 Å². The fourth-order valence-corrected chi connectivity index (χ4v) is 0.626. The lowest BCUT2D eigenvalue weighted by Crippen LogP contribution is -2.18.